The number of nitrogens with one attached hydrogen (secondary N) is 1. The number of hydrogen-bond donors (Lipinski definition) is 1. The van der Waals surface area contributed by atoms with Crippen LogP contribution in [0.4, 0.5) is 11.4 Å². The summed E-state index contributed by atoms with van der Waals surface area (Å²) in [6.45, 7) is 1.70. The standard InChI is InChI=1S/C17H22N4O3/c1-13(19-14-7-6-8-15(11-14)21(23)24)16(22)20(2)17(12-18)9-4-3-5-10-17/h6-8,11,13,19H,3-5,9-10H2,1-2H3/t13-/m1/s1. The Bertz CT molecular complexity index is 662. The summed E-state index contributed by atoms with van der Waals surface area (Å²) in [5.74, 6) is -0.190. The fourth-order valence-electron chi connectivity index (χ4n) is 3.18. The number of likely N-dealkylation sites (N-methyl/N-ethyl adjacent to an activating group) is 1. The normalized spacial score (nSPS) is 17.4. The van der Waals surface area contributed by atoms with E-state index in [4.69, 9.17) is 0 Å². The van der Waals surface area contributed by atoms with E-state index in [2.05, 4.69) is 11.4 Å². The molecule has 0 saturated heterocycles. The fraction of sp³-hybridized carbons (Fsp3) is 0.529. The van der Waals surface area contributed by atoms with Crippen LogP contribution >= 0.6 is 0 Å². The van der Waals surface area contributed by atoms with Crippen molar-refractivity contribution >= 4 is 17.3 Å². The van der Waals surface area contributed by atoms with Crippen LogP contribution in [0.15, 0.2) is 24.3 Å². The van der Waals surface area contributed by atoms with Gasteiger partial charge in [0.15, 0.2) is 0 Å². The van der Waals surface area contributed by atoms with Crippen LogP contribution in [0, 0.1) is 21.4 Å². The second-order valence-electron chi connectivity index (χ2n) is 6.27. The highest BCUT2D eigenvalue weighted by atomic mass is 16.6. The number of hydrogen-bond acceptors (Lipinski definition) is 5. The van der Waals surface area contributed by atoms with Gasteiger partial charge in [0, 0.05) is 24.9 Å². The van der Waals surface area contributed by atoms with E-state index in [0.717, 1.165) is 19.3 Å². The van der Waals surface area contributed by atoms with Gasteiger partial charge in [-0.2, -0.15) is 5.26 Å². The summed E-state index contributed by atoms with van der Waals surface area (Å²) in [5.41, 5.74) is -0.268. The summed E-state index contributed by atoms with van der Waals surface area (Å²) in [6, 6.07) is 7.79. The van der Waals surface area contributed by atoms with Crippen LogP contribution in [-0.2, 0) is 4.79 Å². The van der Waals surface area contributed by atoms with Gasteiger partial charge in [0.05, 0.1) is 11.0 Å². The number of nitro benzene ring substituents is 1. The molecule has 0 unspecified atom stereocenters. The summed E-state index contributed by atoms with van der Waals surface area (Å²) in [7, 11) is 1.67. The number of nitriles is 1. The molecule has 7 nitrogen and oxygen atoms in total. The molecule has 1 amide bonds. The van der Waals surface area contributed by atoms with Crippen molar-refractivity contribution < 1.29 is 9.72 Å². The van der Waals surface area contributed by atoms with E-state index in [1.54, 1.807) is 31.0 Å². The van der Waals surface area contributed by atoms with Crippen LogP contribution in [0.1, 0.15) is 39.0 Å². The minimum atomic E-state index is -0.742. The first kappa shape index (κ1) is 17.7. The van der Waals surface area contributed by atoms with E-state index >= 15 is 0 Å². The fourth-order valence-corrected chi connectivity index (χ4v) is 3.18. The molecule has 128 valence electrons. The van der Waals surface area contributed by atoms with Crippen LogP contribution in [0.2, 0.25) is 0 Å². The lowest BCUT2D eigenvalue weighted by Gasteiger charge is -2.40. The number of benzene rings is 1. The van der Waals surface area contributed by atoms with Gasteiger partial charge in [-0.3, -0.25) is 14.9 Å². The van der Waals surface area contributed by atoms with E-state index in [9.17, 15) is 20.2 Å². The monoisotopic (exact) mass is 330 g/mol. The quantitative estimate of drug-likeness (QED) is 0.660. The van der Waals surface area contributed by atoms with Gasteiger partial charge < -0.3 is 10.2 Å². The van der Waals surface area contributed by atoms with E-state index in [0.29, 0.717) is 18.5 Å². The minimum Gasteiger partial charge on any atom is -0.374 e. The highest BCUT2D eigenvalue weighted by molar-refractivity contribution is 5.85. The van der Waals surface area contributed by atoms with Crippen molar-refractivity contribution in [2.45, 2.75) is 50.6 Å². The summed E-state index contributed by atoms with van der Waals surface area (Å²) in [5, 5.41) is 23.4. The van der Waals surface area contributed by atoms with Crippen LogP contribution in [0.25, 0.3) is 0 Å². The molecule has 24 heavy (non-hydrogen) atoms. The smallest absolute Gasteiger partial charge is 0.271 e. The number of nitrogens with zero attached hydrogens (tertiary/aromatic N) is 3. The summed E-state index contributed by atoms with van der Waals surface area (Å²) in [4.78, 5) is 24.6. The first-order chi connectivity index (χ1) is 11.4. The molecule has 1 aliphatic carbocycles. The Labute approximate surface area is 141 Å². The van der Waals surface area contributed by atoms with Crippen molar-refractivity contribution in [2.24, 2.45) is 0 Å². The average molecular weight is 330 g/mol. The third-order valence-corrected chi connectivity index (χ3v) is 4.67. The zero-order chi connectivity index (χ0) is 17.7. The first-order valence-electron chi connectivity index (χ1n) is 8.09. The predicted octanol–water partition coefficient (Wildman–Crippen LogP) is 3.08. The first-order valence-corrected chi connectivity index (χ1v) is 8.09. The van der Waals surface area contributed by atoms with Gasteiger partial charge in [0.2, 0.25) is 5.91 Å². The SMILES string of the molecule is C[C@@H](Nc1cccc([N+](=O)[O-])c1)C(=O)N(C)C1(C#N)CCCCC1. The van der Waals surface area contributed by atoms with Crippen molar-refractivity contribution in [2.75, 3.05) is 12.4 Å². The van der Waals surface area contributed by atoms with Crippen LogP contribution in [0.3, 0.4) is 0 Å². The van der Waals surface area contributed by atoms with Gasteiger partial charge in [-0.25, -0.2) is 0 Å². The van der Waals surface area contributed by atoms with Gasteiger partial charge in [-0.1, -0.05) is 25.3 Å². The Kier molecular flexibility index (Phi) is 5.39. The van der Waals surface area contributed by atoms with E-state index < -0.39 is 16.5 Å². The highest BCUT2D eigenvalue weighted by Crippen LogP contribution is 2.33. The second-order valence-corrected chi connectivity index (χ2v) is 6.27. The zero-order valence-electron chi connectivity index (χ0n) is 14.0. The molecule has 1 saturated carbocycles. The summed E-state index contributed by atoms with van der Waals surface area (Å²) < 4.78 is 0. The molecule has 0 aromatic heterocycles. The maximum absolute atomic E-state index is 12.7. The van der Waals surface area contributed by atoms with E-state index in [1.165, 1.54) is 12.1 Å². The van der Waals surface area contributed by atoms with Crippen LogP contribution < -0.4 is 5.32 Å². The molecule has 1 atom stereocenters. The average Bonchev–Trinajstić information content (AvgIpc) is 2.61. The maximum atomic E-state index is 12.7. The zero-order valence-corrected chi connectivity index (χ0v) is 14.0. The van der Waals surface area contributed by atoms with Gasteiger partial charge >= 0.3 is 0 Å². The maximum Gasteiger partial charge on any atom is 0.271 e. The Morgan fingerprint density at radius 1 is 1.42 bits per heavy atom. The van der Waals surface area contributed by atoms with Crippen molar-refractivity contribution in [3.63, 3.8) is 0 Å². The van der Waals surface area contributed by atoms with Crippen molar-refractivity contribution in [3.8, 4) is 6.07 Å². The molecule has 0 aliphatic heterocycles. The molecule has 0 spiro atoms. The number of non-ortho nitro benzene ring substituents is 1. The Balaban J connectivity index is 2.10. The number of anilines is 1. The molecule has 1 aromatic rings. The highest BCUT2D eigenvalue weighted by Gasteiger charge is 2.40. The van der Waals surface area contributed by atoms with Gasteiger partial charge in [-0.15, -0.1) is 0 Å². The lowest BCUT2D eigenvalue weighted by molar-refractivity contribution is -0.384. The summed E-state index contributed by atoms with van der Waals surface area (Å²) in [6.07, 6.45) is 4.35. The molecule has 1 fully saturated rings. The molecule has 7 heteroatoms. The molecular formula is C17H22N4O3. The van der Waals surface area contributed by atoms with Crippen LogP contribution in [-0.4, -0.2) is 34.4 Å². The molecule has 0 heterocycles. The number of rotatable bonds is 5. The molecule has 0 radical (unpaired) electrons. The largest absolute Gasteiger partial charge is 0.374 e. The summed E-state index contributed by atoms with van der Waals surface area (Å²) >= 11 is 0. The van der Waals surface area contributed by atoms with Crippen molar-refractivity contribution in [3.05, 3.63) is 34.4 Å². The third kappa shape index (κ3) is 3.65. The van der Waals surface area contributed by atoms with Gasteiger partial charge in [0.1, 0.15) is 11.6 Å². The molecule has 1 N–H and O–H groups in total. The molecular weight excluding hydrogens is 308 g/mol. The minimum absolute atomic E-state index is 0.0335. The number of carbonyl (C=O) groups is 1. The topological polar surface area (TPSA) is 99.3 Å². The molecule has 0 bridgehead atoms. The number of amides is 1. The Morgan fingerprint density at radius 2 is 2.08 bits per heavy atom. The molecule has 1 aromatic carbocycles. The number of nitro groups is 1. The van der Waals surface area contributed by atoms with Crippen molar-refractivity contribution in [1.29, 1.82) is 5.26 Å². The van der Waals surface area contributed by atoms with Gasteiger partial charge in [0.25, 0.3) is 5.69 Å². The lowest BCUT2D eigenvalue weighted by atomic mass is 9.81. The number of carbonyl (C=O) groups excluding carboxylic acids is 1. The lowest BCUT2D eigenvalue weighted by Crippen LogP contribution is -2.53. The molecule has 2 rings (SSSR count). The third-order valence-electron chi connectivity index (χ3n) is 4.67. The Hall–Kier alpha value is -2.62. The van der Waals surface area contributed by atoms with E-state index in [-0.39, 0.29) is 11.6 Å². The predicted molar refractivity (Wildman–Crippen MR) is 90.4 cm³/mol. The van der Waals surface area contributed by atoms with Gasteiger partial charge in [-0.05, 0) is 25.8 Å². The van der Waals surface area contributed by atoms with Crippen LogP contribution in [0.5, 0.6) is 0 Å². The molecule has 1 aliphatic rings. The second kappa shape index (κ2) is 7.30. The van der Waals surface area contributed by atoms with E-state index in [1.807, 2.05) is 0 Å². The Morgan fingerprint density at radius 3 is 2.67 bits per heavy atom. The van der Waals surface area contributed by atoms with Crippen molar-refractivity contribution in [1.82, 2.24) is 4.90 Å².